The first kappa shape index (κ1) is 13.3. The highest BCUT2D eigenvalue weighted by Crippen LogP contribution is 2.12. The first-order chi connectivity index (χ1) is 10.1. The van der Waals surface area contributed by atoms with E-state index in [1.54, 1.807) is 21.6 Å². The molecule has 0 saturated carbocycles. The van der Waals surface area contributed by atoms with Gasteiger partial charge < -0.3 is 5.32 Å². The van der Waals surface area contributed by atoms with Gasteiger partial charge in [0.2, 0.25) is 0 Å². The maximum absolute atomic E-state index is 12.3. The van der Waals surface area contributed by atoms with Gasteiger partial charge in [0.05, 0.1) is 18.4 Å². The standard InChI is InChI=1S/C14H16N6O/c1-9-6-10(2)20-13(18-9)12(8-17-20)14(21)15-7-11-4-5-16-19(11)3/h4-6,8H,7H2,1-3H3,(H,15,21). The molecule has 0 spiro atoms. The SMILES string of the molecule is Cc1cc(C)n2ncc(C(=O)NCc3ccnn3C)c2n1. The van der Waals surface area contributed by atoms with E-state index in [9.17, 15) is 4.79 Å². The maximum Gasteiger partial charge on any atom is 0.257 e. The molecule has 7 nitrogen and oxygen atoms in total. The summed E-state index contributed by atoms with van der Waals surface area (Å²) in [5, 5.41) is 11.2. The van der Waals surface area contributed by atoms with Crippen LogP contribution >= 0.6 is 0 Å². The predicted octanol–water partition coefficient (Wildman–Crippen LogP) is 1.01. The normalized spacial score (nSPS) is 11.0. The van der Waals surface area contributed by atoms with Crippen molar-refractivity contribution in [3.05, 3.63) is 47.2 Å². The highest BCUT2D eigenvalue weighted by atomic mass is 16.1. The van der Waals surface area contributed by atoms with Gasteiger partial charge in [0, 0.05) is 24.6 Å². The fourth-order valence-corrected chi connectivity index (χ4v) is 2.27. The highest BCUT2D eigenvalue weighted by molar-refractivity contribution is 5.99. The molecule has 0 radical (unpaired) electrons. The lowest BCUT2D eigenvalue weighted by Gasteiger charge is -2.05. The van der Waals surface area contributed by atoms with E-state index in [1.807, 2.05) is 33.0 Å². The van der Waals surface area contributed by atoms with Crippen molar-refractivity contribution in [1.82, 2.24) is 29.7 Å². The van der Waals surface area contributed by atoms with Crippen molar-refractivity contribution in [2.24, 2.45) is 7.05 Å². The van der Waals surface area contributed by atoms with Gasteiger partial charge in [0.25, 0.3) is 5.91 Å². The molecular formula is C14H16N6O. The predicted molar refractivity (Wildman–Crippen MR) is 76.8 cm³/mol. The van der Waals surface area contributed by atoms with E-state index in [2.05, 4.69) is 20.5 Å². The summed E-state index contributed by atoms with van der Waals surface area (Å²) >= 11 is 0. The fraction of sp³-hybridized carbons (Fsp3) is 0.286. The van der Waals surface area contributed by atoms with Crippen molar-refractivity contribution in [1.29, 1.82) is 0 Å². The summed E-state index contributed by atoms with van der Waals surface area (Å²) in [5.41, 5.74) is 3.79. The van der Waals surface area contributed by atoms with Crippen LogP contribution in [0.25, 0.3) is 5.65 Å². The van der Waals surface area contributed by atoms with Crippen molar-refractivity contribution in [2.75, 3.05) is 0 Å². The Morgan fingerprint density at radius 3 is 2.86 bits per heavy atom. The Labute approximate surface area is 121 Å². The quantitative estimate of drug-likeness (QED) is 0.778. The molecule has 0 aliphatic rings. The largest absolute Gasteiger partial charge is 0.346 e. The number of carbonyl (C=O) groups excluding carboxylic acids is 1. The molecule has 1 amide bonds. The van der Waals surface area contributed by atoms with Crippen molar-refractivity contribution in [3.8, 4) is 0 Å². The Hall–Kier alpha value is -2.70. The third-order valence-corrected chi connectivity index (χ3v) is 3.38. The molecule has 3 aromatic heterocycles. The molecule has 0 unspecified atom stereocenters. The summed E-state index contributed by atoms with van der Waals surface area (Å²) in [4.78, 5) is 16.7. The Balaban J connectivity index is 1.86. The van der Waals surface area contributed by atoms with Crippen LogP contribution in [0.15, 0.2) is 24.5 Å². The first-order valence-corrected chi connectivity index (χ1v) is 6.63. The Morgan fingerprint density at radius 2 is 2.14 bits per heavy atom. The lowest BCUT2D eigenvalue weighted by Crippen LogP contribution is -2.24. The second-order valence-corrected chi connectivity index (χ2v) is 4.96. The lowest BCUT2D eigenvalue weighted by atomic mass is 10.3. The molecule has 7 heteroatoms. The summed E-state index contributed by atoms with van der Waals surface area (Å²) in [7, 11) is 1.84. The molecule has 0 aliphatic carbocycles. The first-order valence-electron chi connectivity index (χ1n) is 6.63. The van der Waals surface area contributed by atoms with Gasteiger partial charge in [-0.3, -0.25) is 9.48 Å². The summed E-state index contributed by atoms with van der Waals surface area (Å²) < 4.78 is 3.40. The smallest absolute Gasteiger partial charge is 0.257 e. The van der Waals surface area contributed by atoms with Crippen LogP contribution in [0.2, 0.25) is 0 Å². The third-order valence-electron chi connectivity index (χ3n) is 3.38. The van der Waals surface area contributed by atoms with Gasteiger partial charge in [-0.2, -0.15) is 10.2 Å². The number of nitrogens with zero attached hydrogens (tertiary/aromatic N) is 5. The minimum absolute atomic E-state index is 0.191. The van der Waals surface area contributed by atoms with Crippen LogP contribution in [0.1, 0.15) is 27.4 Å². The summed E-state index contributed by atoms with van der Waals surface area (Å²) in [6.45, 7) is 4.25. The number of aromatic nitrogens is 5. The van der Waals surface area contributed by atoms with Crippen molar-refractivity contribution >= 4 is 11.6 Å². The molecule has 1 N–H and O–H groups in total. The van der Waals surface area contributed by atoms with Crippen LogP contribution in [-0.2, 0) is 13.6 Å². The molecule has 0 bridgehead atoms. The van der Waals surface area contributed by atoms with Gasteiger partial charge >= 0.3 is 0 Å². The number of hydrogen-bond acceptors (Lipinski definition) is 4. The highest BCUT2D eigenvalue weighted by Gasteiger charge is 2.15. The topological polar surface area (TPSA) is 77.1 Å². The van der Waals surface area contributed by atoms with E-state index in [4.69, 9.17) is 0 Å². The van der Waals surface area contributed by atoms with Crippen molar-refractivity contribution < 1.29 is 4.79 Å². The average Bonchev–Trinajstić information content (AvgIpc) is 3.02. The molecule has 0 aromatic carbocycles. The van der Waals surface area contributed by atoms with Gasteiger partial charge in [0.15, 0.2) is 5.65 Å². The van der Waals surface area contributed by atoms with Crippen LogP contribution in [-0.4, -0.2) is 30.3 Å². The number of nitrogens with one attached hydrogen (secondary N) is 1. The van der Waals surface area contributed by atoms with E-state index in [-0.39, 0.29) is 5.91 Å². The Bertz CT molecular complexity index is 816. The monoisotopic (exact) mass is 284 g/mol. The van der Waals surface area contributed by atoms with Crippen LogP contribution < -0.4 is 5.32 Å². The molecule has 0 saturated heterocycles. The maximum atomic E-state index is 12.3. The molecule has 3 heterocycles. The van der Waals surface area contributed by atoms with Crippen molar-refractivity contribution in [2.45, 2.75) is 20.4 Å². The minimum Gasteiger partial charge on any atom is -0.346 e. The van der Waals surface area contributed by atoms with E-state index in [0.717, 1.165) is 17.1 Å². The molecule has 108 valence electrons. The number of carbonyl (C=O) groups is 1. The Kier molecular flexibility index (Phi) is 3.17. The van der Waals surface area contributed by atoms with E-state index >= 15 is 0 Å². The number of amides is 1. The van der Waals surface area contributed by atoms with E-state index in [1.165, 1.54) is 0 Å². The zero-order chi connectivity index (χ0) is 15.0. The van der Waals surface area contributed by atoms with Crippen LogP contribution in [0.5, 0.6) is 0 Å². The molecular weight excluding hydrogens is 268 g/mol. The summed E-state index contributed by atoms with van der Waals surface area (Å²) in [6.07, 6.45) is 3.25. The zero-order valence-corrected chi connectivity index (χ0v) is 12.2. The summed E-state index contributed by atoms with van der Waals surface area (Å²) in [5.74, 6) is -0.191. The second-order valence-electron chi connectivity index (χ2n) is 4.96. The molecule has 3 rings (SSSR count). The fourth-order valence-electron chi connectivity index (χ4n) is 2.27. The zero-order valence-electron chi connectivity index (χ0n) is 12.2. The van der Waals surface area contributed by atoms with E-state index < -0.39 is 0 Å². The van der Waals surface area contributed by atoms with Gasteiger partial charge in [-0.15, -0.1) is 0 Å². The van der Waals surface area contributed by atoms with Crippen molar-refractivity contribution in [3.63, 3.8) is 0 Å². The lowest BCUT2D eigenvalue weighted by molar-refractivity contribution is 0.0951. The number of hydrogen-bond donors (Lipinski definition) is 1. The van der Waals surface area contributed by atoms with Crippen LogP contribution in [0, 0.1) is 13.8 Å². The number of rotatable bonds is 3. The van der Waals surface area contributed by atoms with Gasteiger partial charge in [-0.25, -0.2) is 9.50 Å². The molecule has 21 heavy (non-hydrogen) atoms. The van der Waals surface area contributed by atoms with Crippen LogP contribution in [0.3, 0.4) is 0 Å². The van der Waals surface area contributed by atoms with Gasteiger partial charge in [-0.05, 0) is 26.0 Å². The van der Waals surface area contributed by atoms with Crippen LogP contribution in [0.4, 0.5) is 0 Å². The van der Waals surface area contributed by atoms with E-state index in [0.29, 0.717) is 17.8 Å². The molecule has 0 fully saturated rings. The number of fused-ring (bicyclic) bond motifs is 1. The molecule has 0 atom stereocenters. The van der Waals surface area contributed by atoms with Gasteiger partial charge in [0.1, 0.15) is 5.56 Å². The second kappa shape index (κ2) is 5.01. The average molecular weight is 284 g/mol. The third kappa shape index (κ3) is 2.37. The van der Waals surface area contributed by atoms with Gasteiger partial charge in [-0.1, -0.05) is 0 Å². The minimum atomic E-state index is -0.191. The molecule has 0 aliphatic heterocycles. The number of aryl methyl sites for hydroxylation is 3. The molecule has 3 aromatic rings. The summed E-state index contributed by atoms with van der Waals surface area (Å²) in [6, 6.07) is 3.79. The Morgan fingerprint density at radius 1 is 1.33 bits per heavy atom.